The molecule has 0 saturated carbocycles. The van der Waals surface area contributed by atoms with E-state index in [9.17, 15) is 9.59 Å². The number of nitrogens with one attached hydrogen (secondary N) is 2. The van der Waals surface area contributed by atoms with Crippen LogP contribution in [0.4, 0.5) is 0 Å². The second kappa shape index (κ2) is 5.92. The SMILES string of the molecule is O=C(NNC(=O)c1ccco1)c1ccc(-c2nnco2)cc1. The number of carbonyl (C=O) groups is 2. The van der Waals surface area contributed by atoms with E-state index in [1.165, 1.54) is 18.7 Å². The molecule has 0 fully saturated rings. The summed E-state index contributed by atoms with van der Waals surface area (Å²) >= 11 is 0. The van der Waals surface area contributed by atoms with Gasteiger partial charge in [0, 0.05) is 11.1 Å². The molecule has 8 heteroatoms. The monoisotopic (exact) mass is 298 g/mol. The van der Waals surface area contributed by atoms with Gasteiger partial charge in [-0.05, 0) is 36.4 Å². The van der Waals surface area contributed by atoms with E-state index in [2.05, 4.69) is 21.0 Å². The van der Waals surface area contributed by atoms with Crippen LogP contribution in [0.3, 0.4) is 0 Å². The number of nitrogens with zero attached hydrogens (tertiary/aromatic N) is 2. The maximum absolute atomic E-state index is 11.9. The van der Waals surface area contributed by atoms with Crippen LogP contribution in [0, 0.1) is 0 Å². The Hall–Kier alpha value is -3.42. The van der Waals surface area contributed by atoms with Crippen LogP contribution in [0.1, 0.15) is 20.9 Å². The van der Waals surface area contributed by atoms with E-state index in [0.29, 0.717) is 17.0 Å². The van der Waals surface area contributed by atoms with Crippen molar-refractivity contribution < 1.29 is 18.4 Å². The Morgan fingerprint density at radius 2 is 1.73 bits per heavy atom. The van der Waals surface area contributed by atoms with Gasteiger partial charge in [-0.2, -0.15) is 0 Å². The first-order chi connectivity index (χ1) is 10.7. The number of amides is 2. The Morgan fingerprint density at radius 3 is 2.36 bits per heavy atom. The highest BCUT2D eigenvalue weighted by Crippen LogP contribution is 2.16. The number of benzene rings is 1. The molecule has 0 bridgehead atoms. The fourth-order valence-electron chi connectivity index (χ4n) is 1.72. The van der Waals surface area contributed by atoms with Crippen LogP contribution in [0.5, 0.6) is 0 Å². The topological polar surface area (TPSA) is 110 Å². The highest BCUT2D eigenvalue weighted by atomic mass is 16.4. The molecule has 0 radical (unpaired) electrons. The molecule has 3 aromatic rings. The summed E-state index contributed by atoms with van der Waals surface area (Å²) in [6.45, 7) is 0. The second-order valence-corrected chi connectivity index (χ2v) is 4.21. The van der Waals surface area contributed by atoms with Gasteiger partial charge in [-0.1, -0.05) is 0 Å². The lowest BCUT2D eigenvalue weighted by Gasteiger charge is -2.06. The van der Waals surface area contributed by atoms with E-state index in [4.69, 9.17) is 8.83 Å². The fraction of sp³-hybridized carbons (Fsp3) is 0. The molecule has 2 heterocycles. The summed E-state index contributed by atoms with van der Waals surface area (Å²) < 4.78 is 9.95. The van der Waals surface area contributed by atoms with Crippen molar-refractivity contribution in [2.24, 2.45) is 0 Å². The van der Waals surface area contributed by atoms with Gasteiger partial charge in [0.2, 0.25) is 12.3 Å². The van der Waals surface area contributed by atoms with Crippen LogP contribution in [0.2, 0.25) is 0 Å². The maximum Gasteiger partial charge on any atom is 0.305 e. The van der Waals surface area contributed by atoms with Gasteiger partial charge in [0.25, 0.3) is 5.91 Å². The molecule has 0 aliphatic rings. The van der Waals surface area contributed by atoms with Crippen LogP contribution >= 0.6 is 0 Å². The molecule has 3 rings (SSSR count). The van der Waals surface area contributed by atoms with Crippen molar-refractivity contribution in [2.45, 2.75) is 0 Å². The minimum atomic E-state index is -0.541. The summed E-state index contributed by atoms with van der Waals surface area (Å²) in [4.78, 5) is 23.5. The summed E-state index contributed by atoms with van der Waals surface area (Å²) in [6, 6.07) is 9.54. The van der Waals surface area contributed by atoms with Gasteiger partial charge in [-0.25, -0.2) is 0 Å². The van der Waals surface area contributed by atoms with Crippen molar-refractivity contribution in [3.63, 3.8) is 0 Å². The third kappa shape index (κ3) is 2.85. The van der Waals surface area contributed by atoms with E-state index in [1.54, 1.807) is 30.3 Å². The van der Waals surface area contributed by atoms with Crippen molar-refractivity contribution in [2.75, 3.05) is 0 Å². The third-order valence-electron chi connectivity index (χ3n) is 2.79. The van der Waals surface area contributed by atoms with Gasteiger partial charge < -0.3 is 8.83 Å². The van der Waals surface area contributed by atoms with Crippen LogP contribution in [-0.4, -0.2) is 22.0 Å². The molecule has 0 aliphatic carbocycles. The van der Waals surface area contributed by atoms with Gasteiger partial charge >= 0.3 is 5.91 Å². The lowest BCUT2D eigenvalue weighted by Crippen LogP contribution is -2.41. The van der Waals surface area contributed by atoms with Gasteiger partial charge in [0.05, 0.1) is 6.26 Å². The minimum Gasteiger partial charge on any atom is -0.459 e. The number of hydrazine groups is 1. The van der Waals surface area contributed by atoms with Crippen LogP contribution in [0.15, 0.2) is 57.9 Å². The van der Waals surface area contributed by atoms with Gasteiger partial charge in [-0.15, -0.1) is 10.2 Å². The quantitative estimate of drug-likeness (QED) is 0.707. The van der Waals surface area contributed by atoms with E-state index < -0.39 is 11.8 Å². The first kappa shape index (κ1) is 13.6. The predicted octanol–water partition coefficient (Wildman–Crippen LogP) is 1.40. The zero-order valence-electron chi connectivity index (χ0n) is 11.1. The average molecular weight is 298 g/mol. The molecule has 2 N–H and O–H groups in total. The van der Waals surface area contributed by atoms with Gasteiger partial charge in [-0.3, -0.25) is 20.4 Å². The van der Waals surface area contributed by atoms with Crippen molar-refractivity contribution in [3.05, 3.63) is 60.4 Å². The van der Waals surface area contributed by atoms with Crippen LogP contribution in [-0.2, 0) is 0 Å². The van der Waals surface area contributed by atoms with Crippen molar-refractivity contribution in [3.8, 4) is 11.5 Å². The molecule has 22 heavy (non-hydrogen) atoms. The lowest BCUT2D eigenvalue weighted by atomic mass is 10.1. The van der Waals surface area contributed by atoms with E-state index in [0.717, 1.165) is 0 Å². The normalized spacial score (nSPS) is 10.2. The fourth-order valence-corrected chi connectivity index (χ4v) is 1.72. The minimum absolute atomic E-state index is 0.104. The van der Waals surface area contributed by atoms with Crippen molar-refractivity contribution in [1.29, 1.82) is 0 Å². The molecule has 0 saturated heterocycles. The summed E-state index contributed by atoms with van der Waals surface area (Å²) in [6.07, 6.45) is 2.59. The van der Waals surface area contributed by atoms with Crippen molar-refractivity contribution in [1.82, 2.24) is 21.0 Å². The summed E-state index contributed by atoms with van der Waals surface area (Å²) in [7, 11) is 0. The number of furan rings is 1. The standard InChI is InChI=1S/C14H10N4O4/c19-12(16-17-13(20)11-2-1-7-21-11)9-3-5-10(6-4-9)14-18-15-8-22-14/h1-8H,(H,16,19)(H,17,20). The molecule has 0 aliphatic heterocycles. The first-order valence-corrected chi connectivity index (χ1v) is 6.25. The van der Waals surface area contributed by atoms with E-state index >= 15 is 0 Å². The number of aromatic nitrogens is 2. The molecule has 8 nitrogen and oxygen atoms in total. The second-order valence-electron chi connectivity index (χ2n) is 4.21. The van der Waals surface area contributed by atoms with Crippen molar-refractivity contribution >= 4 is 11.8 Å². The molecule has 110 valence electrons. The Kier molecular flexibility index (Phi) is 3.65. The number of hydrogen-bond acceptors (Lipinski definition) is 6. The molecule has 0 unspecified atom stereocenters. The predicted molar refractivity (Wildman–Crippen MR) is 73.4 cm³/mol. The van der Waals surface area contributed by atoms with Crippen LogP contribution < -0.4 is 10.9 Å². The molecular weight excluding hydrogens is 288 g/mol. The summed E-state index contributed by atoms with van der Waals surface area (Å²) in [5, 5.41) is 7.34. The lowest BCUT2D eigenvalue weighted by molar-refractivity contribution is 0.0831. The average Bonchev–Trinajstić information content (AvgIpc) is 3.25. The molecule has 1 aromatic carbocycles. The molecule has 0 spiro atoms. The molecular formula is C14H10N4O4. The summed E-state index contributed by atoms with van der Waals surface area (Å²) in [5.41, 5.74) is 5.60. The largest absolute Gasteiger partial charge is 0.459 e. The smallest absolute Gasteiger partial charge is 0.305 e. The molecule has 2 aromatic heterocycles. The first-order valence-electron chi connectivity index (χ1n) is 6.25. The zero-order valence-corrected chi connectivity index (χ0v) is 11.1. The zero-order chi connectivity index (χ0) is 15.4. The Labute approximate surface area is 124 Å². The number of rotatable bonds is 3. The number of hydrogen-bond donors (Lipinski definition) is 2. The maximum atomic E-state index is 11.9. The number of carbonyl (C=O) groups excluding carboxylic acids is 2. The van der Waals surface area contributed by atoms with Gasteiger partial charge in [0.15, 0.2) is 5.76 Å². The van der Waals surface area contributed by atoms with E-state index in [1.807, 2.05) is 0 Å². The Bertz CT molecular complexity index is 764. The molecule has 2 amide bonds. The summed E-state index contributed by atoms with van der Waals surface area (Å²) in [5.74, 6) is -0.539. The van der Waals surface area contributed by atoms with E-state index in [-0.39, 0.29) is 5.76 Å². The van der Waals surface area contributed by atoms with Crippen LogP contribution in [0.25, 0.3) is 11.5 Å². The molecule has 0 atom stereocenters. The Balaban J connectivity index is 1.62. The van der Waals surface area contributed by atoms with Gasteiger partial charge in [0.1, 0.15) is 0 Å². The Morgan fingerprint density at radius 1 is 0.955 bits per heavy atom. The highest BCUT2D eigenvalue weighted by Gasteiger charge is 2.11. The third-order valence-corrected chi connectivity index (χ3v) is 2.79. The highest BCUT2D eigenvalue weighted by molar-refractivity contribution is 5.98.